The fourth-order valence-corrected chi connectivity index (χ4v) is 1.67. The van der Waals surface area contributed by atoms with E-state index in [2.05, 4.69) is 5.32 Å². The summed E-state index contributed by atoms with van der Waals surface area (Å²) in [6, 6.07) is 0. The quantitative estimate of drug-likeness (QED) is 0.568. The molecule has 1 rings (SSSR count). The number of carboxylic acids is 2. The molecule has 0 spiro atoms. The van der Waals surface area contributed by atoms with Gasteiger partial charge in [0, 0.05) is 13.0 Å². The number of piperidine rings is 1. The van der Waals surface area contributed by atoms with E-state index in [-0.39, 0.29) is 12.3 Å². The van der Waals surface area contributed by atoms with Crippen LogP contribution >= 0.6 is 0 Å². The maximum Gasteiger partial charge on any atom is 0.308 e. The number of carbonyl (C=O) groups is 2. The van der Waals surface area contributed by atoms with Gasteiger partial charge in [-0.1, -0.05) is 0 Å². The average Bonchev–Trinajstić information content (AvgIpc) is 2.03. The maximum absolute atomic E-state index is 10.7. The Bertz CT molecular complexity index is 216. The molecule has 0 aromatic rings. The molecular formula is C8H13NO4. The molecule has 1 aliphatic heterocycles. The monoisotopic (exact) mass is 187 g/mol. The van der Waals surface area contributed by atoms with Crippen molar-refractivity contribution in [3.8, 4) is 0 Å². The molecule has 0 aromatic carbocycles. The first-order valence-electron chi connectivity index (χ1n) is 4.26. The molecule has 5 nitrogen and oxygen atoms in total. The van der Waals surface area contributed by atoms with Gasteiger partial charge in [-0.25, -0.2) is 0 Å². The number of hydrogen-bond donors (Lipinski definition) is 3. The molecule has 5 heteroatoms. The summed E-state index contributed by atoms with van der Waals surface area (Å²) < 4.78 is 0. The second-order valence-electron chi connectivity index (χ2n) is 3.30. The lowest BCUT2D eigenvalue weighted by atomic mass is 9.84. The lowest BCUT2D eigenvalue weighted by Gasteiger charge is -2.27. The summed E-state index contributed by atoms with van der Waals surface area (Å²) in [7, 11) is 0. The van der Waals surface area contributed by atoms with Gasteiger partial charge in [0.15, 0.2) is 0 Å². The fourth-order valence-electron chi connectivity index (χ4n) is 1.67. The van der Waals surface area contributed by atoms with Crippen molar-refractivity contribution in [1.29, 1.82) is 0 Å². The van der Waals surface area contributed by atoms with Gasteiger partial charge in [0.25, 0.3) is 0 Å². The number of aliphatic carboxylic acids is 2. The van der Waals surface area contributed by atoms with E-state index in [0.717, 1.165) is 0 Å². The highest BCUT2D eigenvalue weighted by Gasteiger charge is 2.31. The molecule has 13 heavy (non-hydrogen) atoms. The minimum absolute atomic E-state index is 0.0430. The molecule has 74 valence electrons. The summed E-state index contributed by atoms with van der Waals surface area (Å²) in [5.41, 5.74) is 0. The maximum atomic E-state index is 10.7. The van der Waals surface area contributed by atoms with Crippen molar-refractivity contribution in [3.63, 3.8) is 0 Å². The topological polar surface area (TPSA) is 86.6 Å². The Kier molecular flexibility index (Phi) is 3.25. The molecule has 1 saturated heterocycles. The van der Waals surface area contributed by atoms with Gasteiger partial charge in [-0.3, -0.25) is 9.59 Å². The van der Waals surface area contributed by atoms with Crippen molar-refractivity contribution >= 4 is 11.9 Å². The van der Waals surface area contributed by atoms with Crippen molar-refractivity contribution < 1.29 is 19.8 Å². The number of rotatable bonds is 3. The second-order valence-corrected chi connectivity index (χ2v) is 3.30. The Labute approximate surface area is 75.7 Å². The fraction of sp³-hybridized carbons (Fsp3) is 0.750. The van der Waals surface area contributed by atoms with E-state index in [1.54, 1.807) is 0 Å². The van der Waals surface area contributed by atoms with Crippen molar-refractivity contribution in [1.82, 2.24) is 5.32 Å². The molecule has 0 aromatic heterocycles. The number of hydrogen-bond acceptors (Lipinski definition) is 3. The third-order valence-electron chi connectivity index (χ3n) is 2.38. The van der Waals surface area contributed by atoms with Crippen LogP contribution in [0.1, 0.15) is 12.8 Å². The van der Waals surface area contributed by atoms with Crippen LogP contribution < -0.4 is 5.32 Å². The van der Waals surface area contributed by atoms with Crippen LogP contribution in [0.4, 0.5) is 0 Å². The van der Waals surface area contributed by atoms with E-state index in [1.165, 1.54) is 0 Å². The van der Waals surface area contributed by atoms with Gasteiger partial charge in [-0.2, -0.15) is 0 Å². The molecule has 1 heterocycles. The van der Waals surface area contributed by atoms with Gasteiger partial charge in [0.2, 0.25) is 0 Å². The Balaban J connectivity index is 2.56. The van der Waals surface area contributed by atoms with Crippen LogP contribution in [-0.4, -0.2) is 35.2 Å². The zero-order chi connectivity index (χ0) is 9.84. The van der Waals surface area contributed by atoms with E-state index in [9.17, 15) is 9.59 Å². The molecule has 0 saturated carbocycles. The summed E-state index contributed by atoms with van der Waals surface area (Å²) in [6.45, 7) is 1.09. The molecule has 0 amide bonds. The second kappa shape index (κ2) is 4.23. The highest BCUT2D eigenvalue weighted by Crippen LogP contribution is 2.22. The van der Waals surface area contributed by atoms with Crippen LogP contribution in [0.15, 0.2) is 0 Å². The lowest BCUT2D eigenvalue weighted by Crippen LogP contribution is -2.41. The predicted molar refractivity (Wildman–Crippen MR) is 44.4 cm³/mol. The van der Waals surface area contributed by atoms with Gasteiger partial charge in [0.05, 0.1) is 5.92 Å². The first kappa shape index (κ1) is 9.98. The van der Waals surface area contributed by atoms with Crippen LogP contribution in [0.3, 0.4) is 0 Å². The third-order valence-corrected chi connectivity index (χ3v) is 2.38. The van der Waals surface area contributed by atoms with Crippen LogP contribution in [0.5, 0.6) is 0 Å². The van der Waals surface area contributed by atoms with E-state index >= 15 is 0 Å². The normalized spacial score (nSPS) is 28.3. The van der Waals surface area contributed by atoms with Crippen LogP contribution in [-0.2, 0) is 9.59 Å². The molecule has 2 atom stereocenters. The molecular weight excluding hydrogens is 174 g/mol. The molecule has 0 aliphatic carbocycles. The molecule has 0 bridgehead atoms. The first-order valence-corrected chi connectivity index (χ1v) is 4.26. The van der Waals surface area contributed by atoms with Gasteiger partial charge < -0.3 is 15.5 Å². The van der Waals surface area contributed by atoms with Crippen LogP contribution in [0.25, 0.3) is 0 Å². The standard InChI is InChI=1S/C8H13NO4/c10-7(11)3-5-1-2-9-4-6(5)8(12)13/h5-6,9H,1-4H2,(H,10,11)(H,12,13). The van der Waals surface area contributed by atoms with E-state index in [4.69, 9.17) is 10.2 Å². The number of nitrogens with one attached hydrogen (secondary N) is 1. The van der Waals surface area contributed by atoms with Crippen molar-refractivity contribution in [2.45, 2.75) is 12.8 Å². The summed E-state index contributed by atoms with van der Waals surface area (Å²) >= 11 is 0. The average molecular weight is 187 g/mol. The van der Waals surface area contributed by atoms with E-state index in [1.807, 2.05) is 0 Å². The first-order chi connectivity index (χ1) is 6.11. The van der Waals surface area contributed by atoms with Crippen LogP contribution in [0, 0.1) is 11.8 Å². The molecule has 2 unspecified atom stereocenters. The summed E-state index contributed by atoms with van der Waals surface area (Å²) in [5.74, 6) is -2.60. The summed E-state index contributed by atoms with van der Waals surface area (Å²) in [6.07, 6.45) is 0.585. The molecule has 0 radical (unpaired) electrons. The molecule has 3 N–H and O–H groups in total. The van der Waals surface area contributed by atoms with Gasteiger partial charge in [-0.05, 0) is 18.9 Å². The molecule has 1 fully saturated rings. The Hall–Kier alpha value is -1.10. The number of carboxylic acid groups (broad SMARTS) is 2. The zero-order valence-electron chi connectivity index (χ0n) is 7.19. The van der Waals surface area contributed by atoms with Gasteiger partial charge >= 0.3 is 11.9 Å². The van der Waals surface area contributed by atoms with Crippen molar-refractivity contribution in [2.75, 3.05) is 13.1 Å². The highest BCUT2D eigenvalue weighted by molar-refractivity contribution is 5.73. The summed E-state index contributed by atoms with van der Waals surface area (Å²) in [4.78, 5) is 21.1. The lowest BCUT2D eigenvalue weighted by molar-refractivity contribution is -0.146. The van der Waals surface area contributed by atoms with Crippen molar-refractivity contribution in [3.05, 3.63) is 0 Å². The largest absolute Gasteiger partial charge is 0.481 e. The predicted octanol–water partition coefficient (Wildman–Crippen LogP) is -0.229. The van der Waals surface area contributed by atoms with Crippen LogP contribution in [0.2, 0.25) is 0 Å². The summed E-state index contributed by atoms with van der Waals surface area (Å²) in [5, 5.41) is 20.3. The van der Waals surface area contributed by atoms with E-state index in [0.29, 0.717) is 19.5 Å². The third kappa shape index (κ3) is 2.69. The van der Waals surface area contributed by atoms with E-state index < -0.39 is 17.9 Å². The molecule has 1 aliphatic rings. The minimum atomic E-state index is -0.918. The van der Waals surface area contributed by atoms with Gasteiger partial charge in [-0.15, -0.1) is 0 Å². The zero-order valence-corrected chi connectivity index (χ0v) is 7.19. The van der Waals surface area contributed by atoms with Gasteiger partial charge in [0.1, 0.15) is 0 Å². The Morgan fingerprint density at radius 2 is 2.08 bits per heavy atom. The van der Waals surface area contributed by atoms with Crippen molar-refractivity contribution in [2.24, 2.45) is 11.8 Å². The Morgan fingerprint density at radius 3 is 2.62 bits per heavy atom. The Morgan fingerprint density at radius 1 is 1.38 bits per heavy atom. The minimum Gasteiger partial charge on any atom is -0.481 e. The SMILES string of the molecule is O=C(O)CC1CCNCC1C(=O)O. The highest BCUT2D eigenvalue weighted by atomic mass is 16.4. The smallest absolute Gasteiger partial charge is 0.308 e.